The van der Waals surface area contributed by atoms with Crippen LogP contribution in [0.5, 0.6) is 0 Å². The lowest BCUT2D eigenvalue weighted by atomic mass is 9.89. The van der Waals surface area contributed by atoms with E-state index in [1.54, 1.807) is 18.5 Å². The van der Waals surface area contributed by atoms with Crippen molar-refractivity contribution in [3.8, 4) is 0 Å². The SMILES string of the molecule is Brc1c(NC2=NCCN2)ccc2nccnc12.CCNC(=O)CCC/C=C\C[C@@H]1[C@@H](/C=C/[C@@H](O)CCc2ccccc2)[C@H](O)C[C@@H]1O. The highest BCUT2D eigenvalue weighted by Crippen LogP contribution is 2.36. The Bertz CT molecular complexity index is 1500. The summed E-state index contributed by atoms with van der Waals surface area (Å²) in [6, 6.07) is 14.0. The average Bonchev–Trinajstić information content (AvgIpc) is 3.69. The number of aromatic nitrogens is 2. The molecule has 2 aromatic carbocycles. The van der Waals surface area contributed by atoms with Gasteiger partial charge < -0.3 is 31.3 Å². The van der Waals surface area contributed by atoms with Crippen LogP contribution in [0.25, 0.3) is 11.0 Å². The highest BCUT2D eigenvalue weighted by molar-refractivity contribution is 9.10. The predicted octanol–water partition coefficient (Wildman–Crippen LogP) is 4.91. The zero-order valence-corrected chi connectivity index (χ0v) is 28.5. The second-order valence-electron chi connectivity index (χ2n) is 11.8. The Morgan fingerprint density at radius 1 is 1.11 bits per heavy atom. The Hall–Kier alpha value is -3.64. The lowest BCUT2D eigenvalue weighted by molar-refractivity contribution is -0.121. The maximum Gasteiger partial charge on any atom is 0.219 e. The van der Waals surface area contributed by atoms with Crippen molar-refractivity contribution >= 4 is 44.5 Å². The number of hydrogen-bond acceptors (Lipinski definition) is 9. The van der Waals surface area contributed by atoms with Crippen molar-refractivity contribution in [1.29, 1.82) is 0 Å². The smallest absolute Gasteiger partial charge is 0.219 e. The number of rotatable bonds is 13. The molecule has 11 heteroatoms. The number of aliphatic hydroxyl groups excluding tert-OH is 3. The molecule has 0 radical (unpaired) electrons. The van der Waals surface area contributed by atoms with Crippen molar-refractivity contribution in [2.75, 3.05) is 25.0 Å². The van der Waals surface area contributed by atoms with Gasteiger partial charge in [-0.1, -0.05) is 54.6 Å². The number of nitrogens with zero attached hydrogens (tertiary/aromatic N) is 3. The minimum absolute atomic E-state index is 0.0581. The molecule has 0 unspecified atom stereocenters. The van der Waals surface area contributed by atoms with Crippen LogP contribution in [-0.2, 0) is 11.2 Å². The molecule has 1 aliphatic carbocycles. The molecule has 0 bridgehead atoms. The number of anilines is 1. The Morgan fingerprint density at radius 2 is 1.91 bits per heavy atom. The van der Waals surface area contributed by atoms with Gasteiger partial charge in [0.1, 0.15) is 5.52 Å². The maximum atomic E-state index is 11.4. The summed E-state index contributed by atoms with van der Waals surface area (Å²) in [5.74, 6) is 0.661. The largest absolute Gasteiger partial charge is 0.393 e. The molecule has 5 rings (SSSR count). The number of benzene rings is 2. The molecule has 1 amide bonds. The fourth-order valence-electron chi connectivity index (χ4n) is 5.76. The van der Waals surface area contributed by atoms with Crippen LogP contribution >= 0.6 is 15.9 Å². The zero-order chi connectivity index (χ0) is 33.4. The molecule has 2 aliphatic rings. The van der Waals surface area contributed by atoms with Gasteiger partial charge in [0.2, 0.25) is 5.91 Å². The number of guanidine groups is 1. The lowest BCUT2D eigenvalue weighted by Gasteiger charge is -2.19. The number of carbonyl (C=O) groups excluding carboxylic acids is 1. The zero-order valence-electron chi connectivity index (χ0n) is 26.9. The second-order valence-corrected chi connectivity index (χ2v) is 12.6. The van der Waals surface area contributed by atoms with Gasteiger partial charge in [-0.3, -0.25) is 19.8 Å². The van der Waals surface area contributed by atoms with Crippen molar-refractivity contribution in [3.05, 3.63) is 89.2 Å². The highest BCUT2D eigenvalue weighted by Gasteiger charge is 2.39. The van der Waals surface area contributed by atoms with Crippen molar-refractivity contribution in [1.82, 2.24) is 20.6 Å². The van der Waals surface area contributed by atoms with Gasteiger partial charge in [-0.25, -0.2) is 0 Å². The number of aliphatic imine (C=N–C) groups is 1. The van der Waals surface area contributed by atoms with Crippen LogP contribution in [0.4, 0.5) is 5.69 Å². The number of halogens is 1. The first-order valence-electron chi connectivity index (χ1n) is 16.5. The van der Waals surface area contributed by atoms with E-state index < -0.39 is 18.3 Å². The maximum absolute atomic E-state index is 11.4. The number of aliphatic hydroxyl groups is 3. The van der Waals surface area contributed by atoms with Crippen molar-refractivity contribution in [2.45, 2.75) is 70.2 Å². The molecule has 10 nitrogen and oxygen atoms in total. The summed E-state index contributed by atoms with van der Waals surface area (Å²) in [4.78, 5) is 24.3. The molecule has 3 aromatic rings. The second kappa shape index (κ2) is 19.2. The average molecular weight is 708 g/mol. The topological polar surface area (TPSA) is 152 Å². The number of aryl methyl sites for hydroxylation is 1. The Kier molecular flexibility index (Phi) is 14.8. The highest BCUT2D eigenvalue weighted by atomic mass is 79.9. The van der Waals surface area contributed by atoms with E-state index >= 15 is 0 Å². The van der Waals surface area contributed by atoms with Crippen LogP contribution in [-0.4, -0.2) is 75.1 Å². The van der Waals surface area contributed by atoms with E-state index in [1.165, 1.54) is 5.56 Å². The molecule has 5 atom stereocenters. The molecular formula is C36H47BrN6O4. The molecule has 0 saturated heterocycles. The number of fused-ring (bicyclic) bond motifs is 1. The molecule has 0 spiro atoms. The third-order valence-electron chi connectivity index (χ3n) is 8.27. The number of carbonyl (C=O) groups is 1. The summed E-state index contributed by atoms with van der Waals surface area (Å²) in [7, 11) is 0. The minimum atomic E-state index is -0.589. The number of nitrogens with one attached hydrogen (secondary N) is 3. The summed E-state index contributed by atoms with van der Waals surface area (Å²) in [6.07, 6.45) is 14.0. The first-order valence-corrected chi connectivity index (χ1v) is 17.3. The van der Waals surface area contributed by atoms with Gasteiger partial charge in [-0.15, -0.1) is 0 Å². The molecule has 252 valence electrons. The minimum Gasteiger partial charge on any atom is -0.393 e. The van der Waals surface area contributed by atoms with Gasteiger partial charge in [0.25, 0.3) is 0 Å². The van der Waals surface area contributed by atoms with Crippen LogP contribution in [0.1, 0.15) is 51.0 Å². The third-order valence-corrected chi connectivity index (χ3v) is 9.08. The van der Waals surface area contributed by atoms with Crippen molar-refractivity contribution < 1.29 is 20.1 Å². The van der Waals surface area contributed by atoms with Crippen molar-refractivity contribution in [3.63, 3.8) is 0 Å². The first-order chi connectivity index (χ1) is 22.9. The predicted molar refractivity (Wildman–Crippen MR) is 191 cm³/mol. The van der Waals surface area contributed by atoms with Gasteiger partial charge in [0, 0.05) is 44.2 Å². The molecule has 2 heterocycles. The Balaban J connectivity index is 0.000000246. The van der Waals surface area contributed by atoms with Gasteiger partial charge in [-0.2, -0.15) is 0 Å². The van der Waals surface area contributed by atoms with E-state index in [0.717, 1.165) is 59.5 Å². The normalized spacial score (nSPS) is 21.3. The van der Waals surface area contributed by atoms with Crippen LogP contribution in [0.2, 0.25) is 0 Å². The van der Waals surface area contributed by atoms with Crippen LogP contribution in [0.3, 0.4) is 0 Å². The van der Waals surface area contributed by atoms with Crippen LogP contribution in [0.15, 0.2) is 88.6 Å². The van der Waals surface area contributed by atoms with Crippen molar-refractivity contribution in [2.24, 2.45) is 16.8 Å². The molecular weight excluding hydrogens is 660 g/mol. The number of unbranched alkanes of at least 4 members (excludes halogenated alkanes) is 1. The van der Waals surface area contributed by atoms with E-state index in [-0.39, 0.29) is 17.7 Å². The quantitative estimate of drug-likeness (QED) is 0.108. The van der Waals surface area contributed by atoms with E-state index in [2.05, 4.69) is 46.8 Å². The van der Waals surface area contributed by atoms with Gasteiger partial charge in [-0.05, 0) is 78.6 Å². The summed E-state index contributed by atoms with van der Waals surface area (Å²) < 4.78 is 0.902. The van der Waals surface area contributed by atoms with Gasteiger partial charge in [0.15, 0.2) is 5.96 Å². The monoisotopic (exact) mass is 706 g/mol. The summed E-state index contributed by atoms with van der Waals surface area (Å²) in [6.45, 7) is 4.26. The fraction of sp³-hybridized carbons (Fsp3) is 0.444. The van der Waals surface area contributed by atoms with Crippen LogP contribution < -0.4 is 16.0 Å². The van der Waals surface area contributed by atoms with Gasteiger partial charge >= 0.3 is 0 Å². The first kappa shape index (κ1) is 36.2. The fourth-order valence-corrected chi connectivity index (χ4v) is 6.30. The molecule has 1 saturated carbocycles. The number of hydrogen-bond donors (Lipinski definition) is 6. The molecule has 47 heavy (non-hydrogen) atoms. The Labute approximate surface area is 285 Å². The Morgan fingerprint density at radius 3 is 2.68 bits per heavy atom. The summed E-state index contributed by atoms with van der Waals surface area (Å²) in [5, 5.41) is 40.1. The van der Waals surface area contributed by atoms with Gasteiger partial charge in [0.05, 0.1) is 40.5 Å². The number of allylic oxidation sites excluding steroid dienone is 2. The number of amides is 1. The molecule has 1 aromatic heterocycles. The van der Waals surface area contributed by atoms with E-state index in [4.69, 9.17) is 0 Å². The van der Waals surface area contributed by atoms with E-state index in [9.17, 15) is 20.1 Å². The third kappa shape index (κ3) is 11.5. The van der Waals surface area contributed by atoms with E-state index in [1.807, 2.05) is 67.6 Å². The molecule has 6 N–H and O–H groups in total. The van der Waals surface area contributed by atoms with E-state index in [0.29, 0.717) is 32.2 Å². The lowest BCUT2D eigenvalue weighted by Crippen LogP contribution is -2.26. The molecule has 1 aliphatic heterocycles. The summed E-state index contributed by atoms with van der Waals surface area (Å²) >= 11 is 3.54. The standard InChI is InChI=1S/C25H37NO4.C11H10BrN5/c1-2-26-25(30)13-9-4-3-8-12-21-22(24(29)18-23(21)28)17-16-20(27)15-14-19-10-6-5-7-11-19;12-9-7(17-11-15-5-6-16-11)1-2-8-10(9)14-4-3-13-8/h3,5-8,10-11,16-17,20-24,27-29H,2,4,9,12-15,18H2,1H3,(H,26,30);1-4H,5-6H2,(H2,15,16,17)/b8-3-,17-16+;/t20-,21+,22+,23-,24+;/m0./s1. The molecule has 1 fully saturated rings. The van der Waals surface area contributed by atoms with Crippen LogP contribution in [0, 0.1) is 11.8 Å². The summed E-state index contributed by atoms with van der Waals surface area (Å²) in [5.41, 5.74) is 3.84.